The van der Waals surface area contributed by atoms with Gasteiger partial charge in [-0.05, 0) is 43.9 Å². The third-order valence-electron chi connectivity index (χ3n) is 3.31. The number of halogens is 1. The Bertz CT molecular complexity index is 331. The van der Waals surface area contributed by atoms with Gasteiger partial charge in [0.2, 0.25) is 0 Å². The molecule has 1 heterocycles. The lowest BCUT2D eigenvalue weighted by Crippen LogP contribution is -2.31. The molecule has 3 heteroatoms. The van der Waals surface area contributed by atoms with E-state index in [2.05, 4.69) is 24.4 Å². The van der Waals surface area contributed by atoms with Gasteiger partial charge in [0.05, 0.1) is 0 Å². The third kappa shape index (κ3) is 3.98. The van der Waals surface area contributed by atoms with Crippen LogP contribution >= 0.6 is 11.6 Å². The Morgan fingerprint density at radius 2 is 2.00 bits per heavy atom. The normalized spacial score (nSPS) is 23.1. The van der Waals surface area contributed by atoms with E-state index in [1.54, 1.807) is 0 Å². The van der Waals surface area contributed by atoms with Gasteiger partial charge in [-0.15, -0.1) is 0 Å². The average Bonchev–Trinajstić information content (AvgIpc) is 2.58. The molecule has 0 spiro atoms. The predicted octanol–water partition coefficient (Wildman–Crippen LogP) is 3.56. The average molecular weight is 254 g/mol. The van der Waals surface area contributed by atoms with Gasteiger partial charge in [0.1, 0.15) is 0 Å². The topological polar surface area (TPSA) is 21.3 Å². The highest BCUT2D eigenvalue weighted by molar-refractivity contribution is 6.30. The number of nitrogens with one attached hydrogen (secondary N) is 1. The predicted molar refractivity (Wildman–Crippen MR) is 71.5 cm³/mol. The third-order valence-corrected chi connectivity index (χ3v) is 3.56. The van der Waals surface area contributed by atoms with Gasteiger partial charge in [-0.1, -0.05) is 23.7 Å². The second-order valence-corrected chi connectivity index (χ2v) is 5.12. The Balaban J connectivity index is 1.91. The minimum absolute atomic E-state index is 0.371. The molecule has 0 amide bonds. The molecule has 0 bridgehead atoms. The lowest BCUT2D eigenvalue weighted by atomic mass is 10.0. The van der Waals surface area contributed by atoms with E-state index < -0.39 is 0 Å². The molecule has 2 atom stereocenters. The molecule has 1 N–H and O–H groups in total. The van der Waals surface area contributed by atoms with Gasteiger partial charge in [-0.3, -0.25) is 0 Å². The van der Waals surface area contributed by atoms with Gasteiger partial charge in [0, 0.05) is 30.3 Å². The first kappa shape index (κ1) is 12.9. The molecule has 1 aliphatic rings. The lowest BCUT2D eigenvalue weighted by molar-refractivity contribution is 0.142. The first-order chi connectivity index (χ1) is 8.25. The van der Waals surface area contributed by atoms with Crippen LogP contribution in [-0.4, -0.2) is 19.3 Å². The summed E-state index contributed by atoms with van der Waals surface area (Å²) < 4.78 is 5.47. The van der Waals surface area contributed by atoms with Crippen LogP contribution in [0.1, 0.15) is 37.8 Å². The molecule has 0 aromatic heterocycles. The van der Waals surface area contributed by atoms with Crippen LogP contribution in [0.5, 0.6) is 0 Å². The fourth-order valence-electron chi connectivity index (χ4n) is 2.27. The molecule has 17 heavy (non-hydrogen) atoms. The molecule has 1 saturated heterocycles. The van der Waals surface area contributed by atoms with Crippen LogP contribution in [0, 0.1) is 0 Å². The van der Waals surface area contributed by atoms with E-state index in [0.717, 1.165) is 31.1 Å². The van der Waals surface area contributed by atoms with Crippen LogP contribution in [-0.2, 0) is 4.74 Å². The molecule has 0 radical (unpaired) electrons. The summed E-state index contributed by atoms with van der Waals surface area (Å²) in [6, 6.07) is 9.02. The minimum Gasteiger partial charge on any atom is -0.381 e. The van der Waals surface area contributed by atoms with Gasteiger partial charge in [-0.25, -0.2) is 0 Å². The van der Waals surface area contributed by atoms with Gasteiger partial charge in [-0.2, -0.15) is 0 Å². The zero-order valence-electron chi connectivity index (χ0n) is 10.3. The first-order valence-electron chi connectivity index (χ1n) is 6.35. The first-order valence-corrected chi connectivity index (χ1v) is 6.73. The highest BCUT2D eigenvalue weighted by atomic mass is 35.5. The van der Waals surface area contributed by atoms with Crippen LogP contribution in [0.4, 0.5) is 0 Å². The summed E-state index contributed by atoms with van der Waals surface area (Å²) in [4.78, 5) is 0. The zero-order valence-corrected chi connectivity index (χ0v) is 11.0. The summed E-state index contributed by atoms with van der Waals surface area (Å²) in [5, 5.41) is 4.47. The SMILES string of the molecule is C[C@@H](NC1CCCOCC1)c1ccc(Cl)cc1. The minimum atomic E-state index is 0.371. The number of hydrogen-bond acceptors (Lipinski definition) is 2. The largest absolute Gasteiger partial charge is 0.381 e. The van der Waals surface area contributed by atoms with Gasteiger partial charge in [0.25, 0.3) is 0 Å². The maximum absolute atomic E-state index is 5.89. The van der Waals surface area contributed by atoms with Crippen molar-refractivity contribution in [1.82, 2.24) is 5.32 Å². The Morgan fingerprint density at radius 3 is 2.76 bits per heavy atom. The molecule has 94 valence electrons. The summed E-state index contributed by atoms with van der Waals surface area (Å²) in [6.45, 7) is 3.99. The zero-order chi connectivity index (χ0) is 12.1. The molecule has 1 aromatic rings. The Hall–Kier alpha value is -0.570. The molecule has 2 nitrogen and oxygen atoms in total. The second-order valence-electron chi connectivity index (χ2n) is 4.68. The van der Waals surface area contributed by atoms with Crippen molar-refractivity contribution in [1.29, 1.82) is 0 Å². The lowest BCUT2D eigenvalue weighted by Gasteiger charge is -2.22. The van der Waals surface area contributed by atoms with Crippen molar-refractivity contribution >= 4 is 11.6 Å². The van der Waals surface area contributed by atoms with E-state index in [-0.39, 0.29) is 0 Å². The van der Waals surface area contributed by atoms with Gasteiger partial charge < -0.3 is 10.1 Å². The van der Waals surface area contributed by atoms with E-state index in [4.69, 9.17) is 16.3 Å². The molecule has 0 saturated carbocycles. The monoisotopic (exact) mass is 253 g/mol. The fourth-order valence-corrected chi connectivity index (χ4v) is 2.40. The van der Waals surface area contributed by atoms with Crippen molar-refractivity contribution in [3.8, 4) is 0 Å². The van der Waals surface area contributed by atoms with E-state index >= 15 is 0 Å². The molecule has 1 unspecified atom stereocenters. The Labute approximate surface area is 108 Å². The van der Waals surface area contributed by atoms with Crippen LogP contribution in [0.3, 0.4) is 0 Å². The van der Waals surface area contributed by atoms with Crippen LogP contribution in [0.2, 0.25) is 5.02 Å². The van der Waals surface area contributed by atoms with Crippen molar-refractivity contribution < 1.29 is 4.74 Å². The highest BCUT2D eigenvalue weighted by Crippen LogP contribution is 2.18. The fraction of sp³-hybridized carbons (Fsp3) is 0.571. The summed E-state index contributed by atoms with van der Waals surface area (Å²) in [5.74, 6) is 0. The van der Waals surface area contributed by atoms with E-state index in [0.29, 0.717) is 12.1 Å². The molecular formula is C14H20ClNO. The number of rotatable bonds is 3. The summed E-state index contributed by atoms with van der Waals surface area (Å²) >= 11 is 5.89. The van der Waals surface area contributed by atoms with Crippen molar-refractivity contribution in [2.24, 2.45) is 0 Å². The van der Waals surface area contributed by atoms with Crippen molar-refractivity contribution in [3.63, 3.8) is 0 Å². The molecule has 1 fully saturated rings. The van der Waals surface area contributed by atoms with Crippen molar-refractivity contribution in [2.45, 2.75) is 38.3 Å². The van der Waals surface area contributed by atoms with Crippen molar-refractivity contribution in [3.05, 3.63) is 34.9 Å². The maximum Gasteiger partial charge on any atom is 0.0480 e. The second kappa shape index (κ2) is 6.39. The molecule has 2 rings (SSSR count). The van der Waals surface area contributed by atoms with E-state index in [1.165, 1.54) is 12.0 Å². The van der Waals surface area contributed by atoms with Crippen LogP contribution in [0.15, 0.2) is 24.3 Å². The van der Waals surface area contributed by atoms with Crippen molar-refractivity contribution in [2.75, 3.05) is 13.2 Å². The van der Waals surface area contributed by atoms with E-state index in [1.807, 2.05) is 12.1 Å². The quantitative estimate of drug-likeness (QED) is 0.889. The summed E-state index contributed by atoms with van der Waals surface area (Å²) in [7, 11) is 0. The summed E-state index contributed by atoms with van der Waals surface area (Å²) in [5.41, 5.74) is 1.29. The number of hydrogen-bond donors (Lipinski definition) is 1. The van der Waals surface area contributed by atoms with Crippen LogP contribution in [0.25, 0.3) is 0 Å². The van der Waals surface area contributed by atoms with E-state index in [9.17, 15) is 0 Å². The smallest absolute Gasteiger partial charge is 0.0480 e. The summed E-state index contributed by atoms with van der Waals surface area (Å²) in [6.07, 6.45) is 3.47. The molecular weight excluding hydrogens is 234 g/mol. The Morgan fingerprint density at radius 1 is 1.24 bits per heavy atom. The molecule has 1 aliphatic heterocycles. The molecule has 0 aliphatic carbocycles. The Kier molecular flexibility index (Phi) is 4.84. The standard InChI is InChI=1S/C14H20ClNO/c1-11(12-4-6-13(15)7-5-12)16-14-3-2-9-17-10-8-14/h4-7,11,14,16H,2-3,8-10H2,1H3/t11-,14?/m1/s1. The number of benzene rings is 1. The van der Waals surface area contributed by atoms with Gasteiger partial charge in [0.15, 0.2) is 0 Å². The number of ether oxygens (including phenoxy) is 1. The molecule has 1 aromatic carbocycles. The highest BCUT2D eigenvalue weighted by Gasteiger charge is 2.15. The van der Waals surface area contributed by atoms with Gasteiger partial charge >= 0.3 is 0 Å². The maximum atomic E-state index is 5.89. The van der Waals surface area contributed by atoms with Crippen LogP contribution < -0.4 is 5.32 Å².